The molecule has 1 fully saturated rings. The van der Waals surface area contributed by atoms with Crippen molar-refractivity contribution in [3.8, 4) is 11.5 Å². The van der Waals surface area contributed by atoms with Crippen molar-refractivity contribution in [1.29, 1.82) is 0 Å². The summed E-state index contributed by atoms with van der Waals surface area (Å²) in [5.74, 6) is 1.57. The Morgan fingerprint density at radius 1 is 1.43 bits per heavy atom. The topological polar surface area (TPSA) is 31.0 Å². The van der Waals surface area contributed by atoms with Gasteiger partial charge in [-0.3, -0.25) is 0 Å². The first kappa shape index (κ1) is 9.34. The summed E-state index contributed by atoms with van der Waals surface area (Å²) in [6.07, 6.45) is 0.263. The van der Waals surface area contributed by atoms with Gasteiger partial charge in [-0.25, -0.2) is 0 Å². The van der Waals surface area contributed by atoms with E-state index in [0.717, 1.165) is 23.7 Å². The number of epoxide rings is 1. The molecule has 0 unspecified atom stereocenters. The van der Waals surface area contributed by atoms with Crippen molar-refractivity contribution in [3.63, 3.8) is 0 Å². The zero-order valence-electron chi connectivity index (χ0n) is 8.45. The lowest BCUT2D eigenvalue weighted by Gasteiger charge is -2.09. The Morgan fingerprint density at radius 3 is 2.79 bits per heavy atom. The van der Waals surface area contributed by atoms with Crippen LogP contribution in [0.15, 0.2) is 18.2 Å². The van der Waals surface area contributed by atoms with Crippen LogP contribution in [0, 0.1) is 0 Å². The molecule has 1 heterocycles. The molecule has 0 radical (unpaired) electrons. The molecule has 2 rings (SSSR count). The molecule has 0 bridgehead atoms. The molecule has 1 aliphatic heterocycles. The fraction of sp³-hybridized carbons (Fsp3) is 0.455. The van der Waals surface area contributed by atoms with E-state index in [2.05, 4.69) is 0 Å². The first-order valence-electron chi connectivity index (χ1n) is 4.77. The van der Waals surface area contributed by atoms with E-state index in [0.29, 0.717) is 6.61 Å². The molecule has 1 aromatic carbocycles. The third kappa shape index (κ3) is 1.82. The SMILES string of the molecule is CCOc1ccc([C@H]2CO2)cc1OC. The second-order valence-corrected chi connectivity index (χ2v) is 3.17. The maximum absolute atomic E-state index is 5.42. The van der Waals surface area contributed by atoms with Crippen molar-refractivity contribution < 1.29 is 14.2 Å². The van der Waals surface area contributed by atoms with Crippen molar-refractivity contribution in [2.24, 2.45) is 0 Å². The van der Waals surface area contributed by atoms with Crippen LogP contribution in [-0.4, -0.2) is 20.3 Å². The molecule has 1 atom stereocenters. The monoisotopic (exact) mass is 194 g/mol. The van der Waals surface area contributed by atoms with E-state index in [4.69, 9.17) is 14.2 Å². The molecule has 0 saturated carbocycles. The molecule has 3 nitrogen and oxygen atoms in total. The molecule has 1 aliphatic rings. The smallest absolute Gasteiger partial charge is 0.161 e. The van der Waals surface area contributed by atoms with Crippen LogP contribution in [0.4, 0.5) is 0 Å². The molecule has 14 heavy (non-hydrogen) atoms. The first-order valence-corrected chi connectivity index (χ1v) is 4.77. The van der Waals surface area contributed by atoms with Crippen LogP contribution in [0.1, 0.15) is 18.6 Å². The lowest BCUT2D eigenvalue weighted by molar-refractivity contribution is 0.310. The molecule has 0 aromatic heterocycles. The summed E-state index contributed by atoms with van der Waals surface area (Å²) in [7, 11) is 1.65. The number of hydrogen-bond donors (Lipinski definition) is 0. The highest BCUT2D eigenvalue weighted by atomic mass is 16.6. The van der Waals surface area contributed by atoms with Crippen LogP contribution >= 0.6 is 0 Å². The van der Waals surface area contributed by atoms with Gasteiger partial charge in [-0.2, -0.15) is 0 Å². The third-order valence-corrected chi connectivity index (χ3v) is 2.19. The summed E-state index contributed by atoms with van der Waals surface area (Å²) in [6.45, 7) is 3.42. The Labute approximate surface area is 83.6 Å². The number of hydrogen-bond acceptors (Lipinski definition) is 3. The average molecular weight is 194 g/mol. The van der Waals surface area contributed by atoms with Crippen molar-refractivity contribution in [2.75, 3.05) is 20.3 Å². The van der Waals surface area contributed by atoms with E-state index in [1.54, 1.807) is 7.11 Å². The van der Waals surface area contributed by atoms with Crippen molar-refractivity contribution >= 4 is 0 Å². The van der Waals surface area contributed by atoms with Gasteiger partial charge in [0.2, 0.25) is 0 Å². The first-order chi connectivity index (χ1) is 6.85. The molecule has 0 aliphatic carbocycles. The molecule has 0 N–H and O–H groups in total. The predicted molar refractivity (Wildman–Crippen MR) is 52.9 cm³/mol. The van der Waals surface area contributed by atoms with Crippen molar-refractivity contribution in [1.82, 2.24) is 0 Å². The number of ether oxygens (including phenoxy) is 3. The maximum atomic E-state index is 5.42. The summed E-state index contributed by atoms with van der Waals surface area (Å²) in [5.41, 5.74) is 1.16. The van der Waals surface area contributed by atoms with Gasteiger partial charge in [0, 0.05) is 0 Å². The van der Waals surface area contributed by atoms with E-state index in [1.165, 1.54) is 0 Å². The Bertz CT molecular complexity index is 318. The van der Waals surface area contributed by atoms with E-state index in [-0.39, 0.29) is 6.10 Å². The molecular formula is C11H14O3. The van der Waals surface area contributed by atoms with E-state index < -0.39 is 0 Å². The minimum Gasteiger partial charge on any atom is -0.493 e. The lowest BCUT2D eigenvalue weighted by atomic mass is 10.1. The number of benzene rings is 1. The molecular weight excluding hydrogens is 180 g/mol. The summed E-state index contributed by atoms with van der Waals surface area (Å²) in [5, 5.41) is 0. The minimum atomic E-state index is 0.263. The van der Waals surface area contributed by atoms with Gasteiger partial charge in [-0.05, 0) is 24.6 Å². The van der Waals surface area contributed by atoms with Gasteiger partial charge < -0.3 is 14.2 Å². The standard InChI is InChI=1S/C11H14O3/c1-3-13-9-5-4-8(11-7-14-11)6-10(9)12-2/h4-6,11H,3,7H2,1-2H3/t11-/m1/s1. The maximum Gasteiger partial charge on any atom is 0.161 e. The molecule has 0 amide bonds. The fourth-order valence-electron chi connectivity index (χ4n) is 1.40. The Kier molecular flexibility index (Phi) is 2.59. The highest BCUT2D eigenvalue weighted by molar-refractivity contribution is 5.44. The number of rotatable bonds is 4. The van der Waals surface area contributed by atoms with Gasteiger partial charge in [-0.1, -0.05) is 6.07 Å². The fourth-order valence-corrected chi connectivity index (χ4v) is 1.40. The zero-order valence-corrected chi connectivity index (χ0v) is 8.45. The summed E-state index contributed by atoms with van der Waals surface area (Å²) >= 11 is 0. The summed E-state index contributed by atoms with van der Waals surface area (Å²) < 4.78 is 15.9. The minimum absolute atomic E-state index is 0.263. The molecule has 1 aromatic rings. The Balaban J connectivity index is 2.24. The largest absolute Gasteiger partial charge is 0.493 e. The van der Waals surface area contributed by atoms with E-state index in [9.17, 15) is 0 Å². The molecule has 1 saturated heterocycles. The van der Waals surface area contributed by atoms with E-state index in [1.807, 2.05) is 25.1 Å². The van der Waals surface area contributed by atoms with Gasteiger partial charge in [-0.15, -0.1) is 0 Å². The van der Waals surface area contributed by atoms with Gasteiger partial charge >= 0.3 is 0 Å². The van der Waals surface area contributed by atoms with Gasteiger partial charge in [0.15, 0.2) is 11.5 Å². The lowest BCUT2D eigenvalue weighted by Crippen LogP contribution is -1.96. The second kappa shape index (κ2) is 3.88. The van der Waals surface area contributed by atoms with Crippen LogP contribution in [0.25, 0.3) is 0 Å². The molecule has 76 valence electrons. The van der Waals surface area contributed by atoms with Gasteiger partial charge in [0.25, 0.3) is 0 Å². The van der Waals surface area contributed by atoms with Crippen LogP contribution in [-0.2, 0) is 4.74 Å². The van der Waals surface area contributed by atoms with Crippen molar-refractivity contribution in [3.05, 3.63) is 23.8 Å². The van der Waals surface area contributed by atoms with Crippen LogP contribution in [0.2, 0.25) is 0 Å². The van der Waals surface area contributed by atoms with Gasteiger partial charge in [0.1, 0.15) is 6.10 Å². The Hall–Kier alpha value is -1.22. The molecule has 3 heteroatoms. The Morgan fingerprint density at radius 2 is 2.21 bits per heavy atom. The quantitative estimate of drug-likeness (QED) is 0.688. The third-order valence-electron chi connectivity index (χ3n) is 2.19. The number of methoxy groups -OCH3 is 1. The highest BCUT2D eigenvalue weighted by Gasteiger charge is 2.25. The predicted octanol–water partition coefficient (Wildman–Crippen LogP) is 2.17. The average Bonchev–Trinajstić information content (AvgIpc) is 3.02. The van der Waals surface area contributed by atoms with Crippen LogP contribution in [0.3, 0.4) is 0 Å². The molecule has 0 spiro atoms. The van der Waals surface area contributed by atoms with Crippen LogP contribution in [0.5, 0.6) is 11.5 Å². The van der Waals surface area contributed by atoms with Crippen molar-refractivity contribution in [2.45, 2.75) is 13.0 Å². The zero-order chi connectivity index (χ0) is 9.97. The highest BCUT2D eigenvalue weighted by Crippen LogP contribution is 2.36. The summed E-state index contributed by atoms with van der Waals surface area (Å²) in [4.78, 5) is 0. The van der Waals surface area contributed by atoms with Gasteiger partial charge in [0.05, 0.1) is 20.3 Å². The summed E-state index contributed by atoms with van der Waals surface area (Å²) in [6, 6.07) is 5.92. The van der Waals surface area contributed by atoms with E-state index >= 15 is 0 Å². The van der Waals surface area contributed by atoms with Crippen LogP contribution < -0.4 is 9.47 Å². The second-order valence-electron chi connectivity index (χ2n) is 3.17. The normalized spacial score (nSPS) is 19.1.